The first-order chi connectivity index (χ1) is 12.2. The van der Waals surface area contributed by atoms with Crippen LogP contribution in [0.15, 0.2) is 60.0 Å². The molecule has 124 valence electrons. The van der Waals surface area contributed by atoms with Gasteiger partial charge in [0.15, 0.2) is 5.82 Å². The summed E-state index contributed by atoms with van der Waals surface area (Å²) in [5.74, 6) is 1.43. The van der Waals surface area contributed by atoms with Gasteiger partial charge in [0.25, 0.3) is 0 Å². The number of hydrogen-bond acceptors (Lipinski definition) is 4. The lowest BCUT2D eigenvalue weighted by Crippen LogP contribution is -1.99. The number of thiophene rings is 1. The Bertz CT molecular complexity index is 1020. The summed E-state index contributed by atoms with van der Waals surface area (Å²) >= 11 is 7.83. The number of anilines is 2. The summed E-state index contributed by atoms with van der Waals surface area (Å²) in [6, 6.07) is 18.3. The molecule has 0 saturated carbocycles. The van der Waals surface area contributed by atoms with E-state index in [1.165, 1.54) is 5.56 Å². The number of fused-ring (bicyclic) bond motifs is 1. The molecule has 0 saturated heterocycles. The predicted octanol–water partition coefficient (Wildman–Crippen LogP) is 6.32. The fraction of sp³-hybridized carbons (Fsp3) is 0.100. The fourth-order valence-corrected chi connectivity index (χ4v) is 3.76. The number of para-hydroxylation sites is 1. The third kappa shape index (κ3) is 3.23. The normalized spacial score (nSPS) is 11.0. The Kier molecular flexibility index (Phi) is 4.38. The van der Waals surface area contributed by atoms with Gasteiger partial charge < -0.3 is 5.32 Å². The van der Waals surface area contributed by atoms with Crippen LogP contribution in [0.2, 0.25) is 5.02 Å². The van der Waals surface area contributed by atoms with Crippen molar-refractivity contribution in [2.45, 2.75) is 13.3 Å². The Hall–Kier alpha value is -2.43. The fourth-order valence-electron chi connectivity index (χ4n) is 2.69. The second kappa shape index (κ2) is 6.82. The summed E-state index contributed by atoms with van der Waals surface area (Å²) < 4.78 is 0. The second-order valence-electron chi connectivity index (χ2n) is 5.69. The van der Waals surface area contributed by atoms with E-state index >= 15 is 0 Å². The maximum atomic E-state index is 6.28. The Morgan fingerprint density at radius 3 is 2.52 bits per heavy atom. The maximum Gasteiger partial charge on any atom is 0.173 e. The molecular formula is C20H16ClN3S. The Morgan fingerprint density at radius 1 is 1.00 bits per heavy atom. The molecule has 0 spiro atoms. The lowest BCUT2D eigenvalue weighted by atomic mass is 10.1. The van der Waals surface area contributed by atoms with Gasteiger partial charge >= 0.3 is 0 Å². The van der Waals surface area contributed by atoms with E-state index in [1.807, 2.05) is 35.7 Å². The zero-order valence-electron chi connectivity index (χ0n) is 13.7. The first kappa shape index (κ1) is 16.1. The van der Waals surface area contributed by atoms with Crippen LogP contribution in [0.25, 0.3) is 21.6 Å². The smallest absolute Gasteiger partial charge is 0.173 e. The predicted molar refractivity (Wildman–Crippen MR) is 107 cm³/mol. The van der Waals surface area contributed by atoms with Crippen LogP contribution in [0, 0.1) is 0 Å². The topological polar surface area (TPSA) is 37.8 Å². The largest absolute Gasteiger partial charge is 0.340 e. The standard InChI is InChI=1S/C20H16ClN3S/c1-2-13-7-9-14(10-8-13)22-19-15-5-3-4-6-17(15)23-20(24-19)18-16(21)11-12-25-18/h3-12H,2H2,1H3,(H,22,23,24). The molecule has 0 aliphatic carbocycles. The quantitative estimate of drug-likeness (QED) is 0.460. The second-order valence-corrected chi connectivity index (χ2v) is 7.01. The van der Waals surface area contributed by atoms with Crippen molar-refractivity contribution in [3.8, 4) is 10.7 Å². The molecule has 0 aliphatic heterocycles. The van der Waals surface area contributed by atoms with Gasteiger partial charge in [0.2, 0.25) is 0 Å². The van der Waals surface area contributed by atoms with Crippen LogP contribution in [0.1, 0.15) is 12.5 Å². The number of aryl methyl sites for hydroxylation is 1. The van der Waals surface area contributed by atoms with E-state index in [-0.39, 0.29) is 0 Å². The monoisotopic (exact) mass is 365 g/mol. The third-order valence-electron chi connectivity index (χ3n) is 4.05. The summed E-state index contributed by atoms with van der Waals surface area (Å²) in [5, 5.41) is 7.05. The van der Waals surface area contributed by atoms with Gasteiger partial charge in [0, 0.05) is 11.1 Å². The number of nitrogens with zero attached hydrogens (tertiary/aromatic N) is 2. The summed E-state index contributed by atoms with van der Waals surface area (Å²) in [7, 11) is 0. The van der Waals surface area contributed by atoms with Gasteiger partial charge in [-0.15, -0.1) is 11.3 Å². The van der Waals surface area contributed by atoms with E-state index < -0.39 is 0 Å². The first-order valence-corrected chi connectivity index (χ1v) is 9.36. The van der Waals surface area contributed by atoms with E-state index in [9.17, 15) is 0 Å². The molecule has 0 aliphatic rings. The summed E-state index contributed by atoms with van der Waals surface area (Å²) in [6.45, 7) is 2.15. The molecule has 0 atom stereocenters. The molecule has 2 aromatic carbocycles. The minimum Gasteiger partial charge on any atom is -0.340 e. The van der Waals surface area contributed by atoms with E-state index in [0.29, 0.717) is 10.8 Å². The molecular weight excluding hydrogens is 350 g/mol. The molecule has 25 heavy (non-hydrogen) atoms. The van der Waals surface area contributed by atoms with Crippen LogP contribution in [-0.2, 0) is 6.42 Å². The van der Waals surface area contributed by atoms with Gasteiger partial charge in [-0.1, -0.05) is 42.8 Å². The molecule has 0 bridgehead atoms. The highest BCUT2D eigenvalue weighted by atomic mass is 35.5. The van der Waals surface area contributed by atoms with Crippen molar-refractivity contribution in [3.63, 3.8) is 0 Å². The summed E-state index contributed by atoms with van der Waals surface area (Å²) in [5.41, 5.74) is 3.21. The third-order valence-corrected chi connectivity index (χ3v) is 5.39. The van der Waals surface area contributed by atoms with Crippen LogP contribution in [-0.4, -0.2) is 9.97 Å². The highest BCUT2D eigenvalue weighted by molar-refractivity contribution is 7.14. The minimum atomic E-state index is 0.645. The van der Waals surface area contributed by atoms with Gasteiger partial charge in [0.05, 0.1) is 15.4 Å². The van der Waals surface area contributed by atoms with Crippen LogP contribution in [0.4, 0.5) is 11.5 Å². The van der Waals surface area contributed by atoms with Gasteiger partial charge in [-0.3, -0.25) is 0 Å². The van der Waals surface area contributed by atoms with Crippen LogP contribution >= 0.6 is 22.9 Å². The van der Waals surface area contributed by atoms with Crippen molar-refractivity contribution < 1.29 is 0 Å². The van der Waals surface area contributed by atoms with E-state index in [2.05, 4.69) is 41.5 Å². The SMILES string of the molecule is CCc1ccc(Nc2nc(-c3sccc3Cl)nc3ccccc23)cc1. The van der Waals surface area contributed by atoms with E-state index in [1.54, 1.807) is 11.3 Å². The van der Waals surface area contributed by atoms with E-state index in [4.69, 9.17) is 16.6 Å². The molecule has 4 rings (SSSR count). The average Bonchev–Trinajstić information content (AvgIpc) is 3.08. The van der Waals surface area contributed by atoms with Crippen molar-refractivity contribution in [2.75, 3.05) is 5.32 Å². The van der Waals surface area contributed by atoms with Crippen LogP contribution < -0.4 is 5.32 Å². The average molecular weight is 366 g/mol. The number of aromatic nitrogens is 2. The maximum absolute atomic E-state index is 6.28. The lowest BCUT2D eigenvalue weighted by molar-refractivity contribution is 1.14. The molecule has 0 unspecified atom stereocenters. The summed E-state index contributed by atoms with van der Waals surface area (Å²) in [6.07, 6.45) is 1.03. The molecule has 3 nitrogen and oxygen atoms in total. The molecule has 2 heterocycles. The van der Waals surface area contributed by atoms with Gasteiger partial charge in [0.1, 0.15) is 5.82 Å². The molecule has 5 heteroatoms. The Morgan fingerprint density at radius 2 is 1.80 bits per heavy atom. The molecule has 0 amide bonds. The molecule has 2 aromatic heterocycles. The highest BCUT2D eigenvalue weighted by Crippen LogP contribution is 2.34. The van der Waals surface area contributed by atoms with Crippen molar-refractivity contribution in [2.24, 2.45) is 0 Å². The molecule has 0 fully saturated rings. The van der Waals surface area contributed by atoms with Crippen molar-refractivity contribution in [1.82, 2.24) is 9.97 Å². The first-order valence-electron chi connectivity index (χ1n) is 8.10. The Balaban J connectivity index is 1.82. The zero-order chi connectivity index (χ0) is 17.2. The van der Waals surface area contributed by atoms with Crippen molar-refractivity contribution >= 4 is 45.3 Å². The number of nitrogens with one attached hydrogen (secondary N) is 1. The molecule has 4 aromatic rings. The highest BCUT2D eigenvalue weighted by Gasteiger charge is 2.13. The van der Waals surface area contributed by atoms with Gasteiger partial charge in [-0.25, -0.2) is 9.97 Å². The van der Waals surface area contributed by atoms with Crippen molar-refractivity contribution in [3.05, 3.63) is 70.6 Å². The lowest BCUT2D eigenvalue weighted by Gasteiger charge is -2.11. The van der Waals surface area contributed by atoms with Gasteiger partial charge in [-0.2, -0.15) is 0 Å². The van der Waals surface area contributed by atoms with Gasteiger partial charge in [-0.05, 0) is 47.7 Å². The zero-order valence-corrected chi connectivity index (χ0v) is 15.2. The molecule has 1 N–H and O–H groups in total. The van der Waals surface area contributed by atoms with Crippen molar-refractivity contribution in [1.29, 1.82) is 0 Å². The minimum absolute atomic E-state index is 0.645. The van der Waals surface area contributed by atoms with E-state index in [0.717, 1.165) is 33.7 Å². The number of halogens is 1. The number of hydrogen-bond donors (Lipinski definition) is 1. The number of benzene rings is 2. The number of rotatable bonds is 4. The molecule has 0 radical (unpaired) electrons. The van der Waals surface area contributed by atoms with Crippen LogP contribution in [0.5, 0.6) is 0 Å². The van der Waals surface area contributed by atoms with Crippen LogP contribution in [0.3, 0.4) is 0 Å². The summed E-state index contributed by atoms with van der Waals surface area (Å²) in [4.78, 5) is 10.3. The Labute approximate surface area is 155 Å².